The second-order valence-electron chi connectivity index (χ2n) is 17.4. The number of carbonyl (C=O) groups is 7. The van der Waals surface area contributed by atoms with Gasteiger partial charge in [-0.05, 0) is 97.9 Å². The summed E-state index contributed by atoms with van der Waals surface area (Å²) in [4.78, 5) is 89.9. The number of fused-ring (bicyclic) bond motifs is 6. The zero-order valence-electron chi connectivity index (χ0n) is 38.4. The molecule has 6 N–H and O–H groups in total. The number of alkyl carbamates (subject to hydrolysis) is 2. The number of ether oxygens (including phenoxy) is 3. The van der Waals surface area contributed by atoms with Crippen LogP contribution in [0.25, 0.3) is 22.3 Å². The normalized spacial score (nSPS) is 13.4. The number of likely N-dealkylation sites (N-methyl/N-ethyl adjacent to an activating group) is 1. The summed E-state index contributed by atoms with van der Waals surface area (Å²) in [6.45, 7) is 6.71. The molecule has 0 fully saturated rings. The van der Waals surface area contributed by atoms with Gasteiger partial charge in [-0.25, -0.2) is 9.59 Å². The zero-order chi connectivity index (χ0) is 47.9. The summed E-state index contributed by atoms with van der Waals surface area (Å²) < 4.78 is 16.6. The van der Waals surface area contributed by atoms with Gasteiger partial charge in [0, 0.05) is 31.3 Å². The van der Waals surface area contributed by atoms with E-state index in [4.69, 9.17) is 14.2 Å². The molecule has 16 nitrogen and oxygen atoms in total. The Balaban J connectivity index is 0.896. The van der Waals surface area contributed by atoms with Crippen LogP contribution in [-0.4, -0.2) is 98.9 Å². The van der Waals surface area contributed by atoms with Gasteiger partial charge in [0.15, 0.2) is 0 Å². The summed E-state index contributed by atoms with van der Waals surface area (Å²) in [5, 5.41) is 15.6. The van der Waals surface area contributed by atoms with Gasteiger partial charge in [-0.3, -0.25) is 34.6 Å². The van der Waals surface area contributed by atoms with Crippen molar-refractivity contribution in [1.82, 2.24) is 31.9 Å². The van der Waals surface area contributed by atoms with Crippen LogP contribution < -0.4 is 31.9 Å². The zero-order valence-corrected chi connectivity index (χ0v) is 38.4. The van der Waals surface area contributed by atoms with Gasteiger partial charge in [-0.1, -0.05) is 97.1 Å². The summed E-state index contributed by atoms with van der Waals surface area (Å²) in [5.41, 5.74) is 7.79. The number of amides is 6. The molecule has 0 aliphatic heterocycles. The largest absolute Gasteiger partial charge is 0.459 e. The van der Waals surface area contributed by atoms with Gasteiger partial charge >= 0.3 is 18.2 Å². The van der Waals surface area contributed by atoms with E-state index in [1.165, 1.54) is 0 Å². The number of imide groups is 1. The molecule has 354 valence electrons. The predicted molar refractivity (Wildman–Crippen MR) is 251 cm³/mol. The molecule has 2 aliphatic rings. The lowest BCUT2D eigenvalue weighted by atomic mass is 9.98. The SMILES string of the molecule is CCNC(=O)C(CCCCNC(=O)OCC1c2ccccc2-c2ccccc21)NC(=O)CNC(=O)CCC(NCC(=O)NC(=O)OCC1c2ccccc2-c2ccccc21)C(=O)OC(C)(C)C. The minimum atomic E-state index is -1.12. The van der Waals surface area contributed by atoms with Gasteiger partial charge in [0.25, 0.3) is 0 Å². The fourth-order valence-electron chi connectivity index (χ4n) is 8.35. The van der Waals surface area contributed by atoms with Gasteiger partial charge in [0.1, 0.15) is 30.9 Å². The molecule has 0 saturated heterocycles. The Morgan fingerprint density at radius 3 is 1.58 bits per heavy atom. The quantitative estimate of drug-likeness (QED) is 0.0345. The molecule has 0 heterocycles. The Labute approximate surface area is 390 Å². The van der Waals surface area contributed by atoms with Crippen molar-refractivity contribution >= 4 is 41.8 Å². The molecule has 0 aromatic heterocycles. The molecule has 2 unspecified atom stereocenters. The van der Waals surface area contributed by atoms with Crippen LogP contribution in [0.2, 0.25) is 0 Å². The molecule has 0 saturated carbocycles. The fraction of sp³-hybridized carbons (Fsp3) is 0.392. The maximum atomic E-state index is 13.1. The van der Waals surface area contributed by atoms with Crippen molar-refractivity contribution in [3.63, 3.8) is 0 Å². The fourth-order valence-corrected chi connectivity index (χ4v) is 8.35. The van der Waals surface area contributed by atoms with E-state index in [1.807, 2.05) is 84.9 Å². The number of unbranched alkanes of at least 4 members (excludes halogenated alkanes) is 1. The Kier molecular flexibility index (Phi) is 17.2. The highest BCUT2D eigenvalue weighted by molar-refractivity contribution is 5.93. The standard InChI is InChI=1S/C51H60N6O10/c1-5-52-47(61)42(24-14-15-27-53-49(63)65-30-40-36-20-10-6-16-32(36)33-17-7-11-21-37(33)40)56-45(59)29-55-44(58)26-25-43(48(62)67-51(2,3)4)54-28-46(60)57-50(64)66-31-41-38-22-12-8-18-34(38)35-19-9-13-23-39(35)41/h6-13,16-23,40-43,54H,5,14-15,24-31H2,1-4H3,(H,52,61)(H,53,63)(H,55,58)(H,56,59)(H,57,60,64). The van der Waals surface area contributed by atoms with Crippen LogP contribution in [-0.2, 0) is 38.2 Å². The lowest BCUT2D eigenvalue weighted by Gasteiger charge is -2.24. The second kappa shape index (κ2) is 23.4. The third-order valence-corrected chi connectivity index (χ3v) is 11.4. The van der Waals surface area contributed by atoms with E-state index in [-0.39, 0.29) is 50.2 Å². The second-order valence-corrected chi connectivity index (χ2v) is 17.4. The number of carbonyl (C=O) groups excluding carboxylic acids is 7. The predicted octanol–water partition coefficient (Wildman–Crippen LogP) is 5.58. The third-order valence-electron chi connectivity index (χ3n) is 11.4. The van der Waals surface area contributed by atoms with Crippen LogP contribution in [0, 0.1) is 0 Å². The maximum absolute atomic E-state index is 13.1. The highest BCUT2D eigenvalue weighted by Crippen LogP contribution is 2.45. The number of rotatable bonds is 21. The first-order valence-corrected chi connectivity index (χ1v) is 22.8. The lowest BCUT2D eigenvalue weighted by Crippen LogP contribution is -2.49. The number of hydrogen-bond acceptors (Lipinski definition) is 11. The molecule has 6 rings (SSSR count). The molecule has 4 aromatic rings. The van der Waals surface area contributed by atoms with Crippen molar-refractivity contribution < 1.29 is 47.8 Å². The molecule has 2 atom stereocenters. The van der Waals surface area contributed by atoms with Gasteiger partial charge < -0.3 is 35.5 Å². The number of hydrogen-bond donors (Lipinski definition) is 6. The number of benzene rings is 4. The van der Waals surface area contributed by atoms with Crippen LogP contribution in [0.1, 0.15) is 93.9 Å². The van der Waals surface area contributed by atoms with Gasteiger partial charge in [-0.2, -0.15) is 0 Å². The smallest absolute Gasteiger partial charge is 0.413 e. The maximum Gasteiger partial charge on any atom is 0.413 e. The van der Waals surface area contributed by atoms with Crippen LogP contribution in [0.3, 0.4) is 0 Å². The van der Waals surface area contributed by atoms with Crippen molar-refractivity contribution in [1.29, 1.82) is 0 Å². The summed E-state index contributed by atoms with van der Waals surface area (Å²) in [7, 11) is 0. The minimum Gasteiger partial charge on any atom is -0.459 e. The average molecular weight is 917 g/mol. The molecule has 4 aromatic carbocycles. The van der Waals surface area contributed by atoms with Crippen molar-refractivity contribution in [3.05, 3.63) is 119 Å². The van der Waals surface area contributed by atoms with E-state index in [2.05, 4.69) is 44.0 Å². The highest BCUT2D eigenvalue weighted by atomic mass is 16.6. The molecular weight excluding hydrogens is 857 g/mol. The van der Waals surface area contributed by atoms with E-state index in [0.29, 0.717) is 25.9 Å². The van der Waals surface area contributed by atoms with E-state index in [9.17, 15) is 33.6 Å². The van der Waals surface area contributed by atoms with Crippen LogP contribution in [0.4, 0.5) is 9.59 Å². The van der Waals surface area contributed by atoms with E-state index >= 15 is 0 Å². The molecule has 16 heteroatoms. The van der Waals surface area contributed by atoms with Gasteiger partial charge in [-0.15, -0.1) is 0 Å². The van der Waals surface area contributed by atoms with Crippen LogP contribution >= 0.6 is 0 Å². The van der Waals surface area contributed by atoms with Crippen molar-refractivity contribution in [2.45, 2.75) is 89.3 Å². The number of esters is 1. The third kappa shape index (κ3) is 13.7. The average Bonchev–Trinajstić information content (AvgIpc) is 3.80. The van der Waals surface area contributed by atoms with E-state index < -0.39 is 66.7 Å². The monoisotopic (exact) mass is 916 g/mol. The first-order chi connectivity index (χ1) is 32.2. The topological polar surface area (TPSA) is 219 Å². The van der Waals surface area contributed by atoms with Crippen LogP contribution in [0.5, 0.6) is 0 Å². The molecule has 0 bridgehead atoms. The Morgan fingerprint density at radius 2 is 1.07 bits per heavy atom. The summed E-state index contributed by atoms with van der Waals surface area (Å²) >= 11 is 0. The van der Waals surface area contributed by atoms with Crippen LogP contribution in [0.15, 0.2) is 97.1 Å². The van der Waals surface area contributed by atoms with Gasteiger partial charge in [0.05, 0.1) is 13.1 Å². The van der Waals surface area contributed by atoms with E-state index in [0.717, 1.165) is 44.5 Å². The molecule has 0 spiro atoms. The number of nitrogens with one attached hydrogen (secondary N) is 6. The first kappa shape index (κ1) is 49.4. The Hall–Kier alpha value is -7.07. The molecule has 6 amide bonds. The molecule has 0 radical (unpaired) electrons. The highest BCUT2D eigenvalue weighted by Gasteiger charge is 2.31. The van der Waals surface area contributed by atoms with E-state index in [1.54, 1.807) is 27.7 Å². The van der Waals surface area contributed by atoms with Crippen molar-refractivity contribution in [2.24, 2.45) is 0 Å². The Morgan fingerprint density at radius 1 is 0.567 bits per heavy atom. The van der Waals surface area contributed by atoms with Crippen molar-refractivity contribution in [2.75, 3.05) is 39.4 Å². The Bertz CT molecular complexity index is 2340. The molecule has 67 heavy (non-hydrogen) atoms. The summed E-state index contributed by atoms with van der Waals surface area (Å²) in [5.74, 6) is -3.30. The molecule has 2 aliphatic carbocycles. The molecular formula is C51H60N6O10. The summed E-state index contributed by atoms with van der Waals surface area (Å²) in [6.07, 6.45) is -0.553. The lowest BCUT2D eigenvalue weighted by molar-refractivity contribution is -0.157. The van der Waals surface area contributed by atoms with Crippen molar-refractivity contribution in [3.8, 4) is 22.3 Å². The minimum absolute atomic E-state index is 0.00602. The summed E-state index contributed by atoms with van der Waals surface area (Å²) in [6, 6.07) is 29.9. The van der Waals surface area contributed by atoms with Gasteiger partial charge in [0.2, 0.25) is 23.6 Å². The first-order valence-electron chi connectivity index (χ1n) is 22.8.